The number of aliphatic hydroxyl groups is 1. The summed E-state index contributed by atoms with van der Waals surface area (Å²) in [6.07, 6.45) is 5.76. The Bertz CT molecular complexity index is 329. The summed E-state index contributed by atoms with van der Waals surface area (Å²) >= 11 is 0. The molecule has 5 heteroatoms. The van der Waals surface area contributed by atoms with Crippen LogP contribution in [0.2, 0.25) is 0 Å². The highest BCUT2D eigenvalue weighted by molar-refractivity contribution is 4.94. The maximum absolute atomic E-state index is 10.2. The van der Waals surface area contributed by atoms with Gasteiger partial charge < -0.3 is 14.6 Å². The highest BCUT2D eigenvalue weighted by Gasteiger charge is 2.61. The molecule has 0 aromatic heterocycles. The zero-order valence-electron chi connectivity index (χ0n) is 11.9. The third-order valence-electron chi connectivity index (χ3n) is 4.36. The third kappa shape index (κ3) is 2.54. The third-order valence-corrected chi connectivity index (χ3v) is 4.36. The summed E-state index contributed by atoms with van der Waals surface area (Å²) < 4.78 is 11.9. The molecule has 0 aromatic carbocycles. The van der Waals surface area contributed by atoms with Crippen molar-refractivity contribution in [3.05, 3.63) is 0 Å². The summed E-state index contributed by atoms with van der Waals surface area (Å²) in [6, 6.07) is 0.219. The smallest absolute Gasteiger partial charge is 0.242 e. The first-order chi connectivity index (χ1) is 9.04. The van der Waals surface area contributed by atoms with Gasteiger partial charge in [0.2, 0.25) is 12.1 Å². The lowest BCUT2D eigenvalue weighted by atomic mass is 9.94. The Morgan fingerprint density at radius 1 is 1.26 bits per heavy atom. The molecule has 3 fully saturated rings. The van der Waals surface area contributed by atoms with Crippen molar-refractivity contribution >= 4 is 0 Å². The summed E-state index contributed by atoms with van der Waals surface area (Å²) in [5, 5.41) is 10.2. The molecule has 1 saturated carbocycles. The van der Waals surface area contributed by atoms with E-state index in [1.54, 1.807) is 0 Å². The van der Waals surface area contributed by atoms with Crippen molar-refractivity contribution in [3.8, 4) is 0 Å². The zero-order valence-corrected chi connectivity index (χ0v) is 11.9. The van der Waals surface area contributed by atoms with Crippen LogP contribution in [0.25, 0.3) is 0 Å². The average molecular weight is 271 g/mol. The first-order valence-corrected chi connectivity index (χ1v) is 7.53. The Morgan fingerprint density at radius 3 is 2.68 bits per heavy atom. The lowest BCUT2D eigenvalue weighted by Crippen LogP contribution is -2.41. The van der Waals surface area contributed by atoms with Crippen LogP contribution in [0.15, 0.2) is 0 Å². The van der Waals surface area contributed by atoms with Crippen LogP contribution in [0.4, 0.5) is 0 Å². The Labute approximate surface area is 114 Å². The van der Waals surface area contributed by atoms with Gasteiger partial charge in [-0.1, -0.05) is 20.3 Å². The van der Waals surface area contributed by atoms with Gasteiger partial charge >= 0.3 is 0 Å². The monoisotopic (exact) mass is 271 g/mol. The molecule has 2 saturated heterocycles. The second-order valence-corrected chi connectivity index (χ2v) is 6.61. The highest BCUT2D eigenvalue weighted by atomic mass is 16.9. The van der Waals surface area contributed by atoms with Crippen LogP contribution < -0.4 is 5.48 Å². The van der Waals surface area contributed by atoms with E-state index in [2.05, 4.69) is 19.3 Å². The molecule has 0 radical (unpaired) electrons. The van der Waals surface area contributed by atoms with Crippen LogP contribution in [0.3, 0.4) is 0 Å². The van der Waals surface area contributed by atoms with E-state index in [1.165, 1.54) is 6.42 Å². The summed E-state index contributed by atoms with van der Waals surface area (Å²) in [5.74, 6) is -1.04. The fraction of sp³-hybridized carbons (Fsp3) is 1.00. The fourth-order valence-corrected chi connectivity index (χ4v) is 3.52. The van der Waals surface area contributed by atoms with Crippen LogP contribution in [0.1, 0.15) is 58.8 Å². The molecule has 3 atom stereocenters. The number of ether oxygens (including phenoxy) is 2. The highest BCUT2D eigenvalue weighted by Crippen LogP contribution is 2.48. The zero-order chi connectivity index (χ0) is 13.5. The molecule has 3 unspecified atom stereocenters. The number of hydroxylamine groups is 1. The number of hydrogen-bond acceptors (Lipinski definition) is 5. The molecule has 3 aliphatic rings. The van der Waals surface area contributed by atoms with Crippen LogP contribution in [-0.4, -0.2) is 29.0 Å². The van der Waals surface area contributed by atoms with Gasteiger partial charge in [0.05, 0.1) is 0 Å². The van der Waals surface area contributed by atoms with Gasteiger partial charge in [-0.05, 0) is 25.2 Å². The van der Waals surface area contributed by atoms with E-state index in [0.717, 1.165) is 32.1 Å². The van der Waals surface area contributed by atoms with Crippen LogP contribution >= 0.6 is 0 Å². The number of nitrogens with one attached hydrogen (secondary N) is 1. The minimum Gasteiger partial charge on any atom is -0.364 e. The second kappa shape index (κ2) is 4.97. The molecule has 5 nitrogen and oxygen atoms in total. The molecule has 0 aromatic rings. The molecular formula is C14H25NO4. The van der Waals surface area contributed by atoms with E-state index < -0.39 is 17.9 Å². The molecule has 2 N–H and O–H groups in total. The number of rotatable bonds is 2. The van der Waals surface area contributed by atoms with Gasteiger partial charge in [0.25, 0.3) is 0 Å². The second-order valence-electron chi connectivity index (χ2n) is 6.61. The van der Waals surface area contributed by atoms with Crippen molar-refractivity contribution in [2.75, 3.05) is 0 Å². The van der Waals surface area contributed by atoms with Crippen molar-refractivity contribution < 1.29 is 19.4 Å². The molecule has 0 amide bonds. The van der Waals surface area contributed by atoms with Gasteiger partial charge in [0.1, 0.15) is 0 Å². The maximum Gasteiger partial charge on any atom is 0.242 e. The van der Waals surface area contributed by atoms with E-state index in [-0.39, 0.29) is 6.04 Å². The van der Waals surface area contributed by atoms with Crippen LogP contribution in [0.5, 0.6) is 0 Å². The van der Waals surface area contributed by atoms with Gasteiger partial charge in [-0.2, -0.15) is 5.48 Å². The predicted molar refractivity (Wildman–Crippen MR) is 68.8 cm³/mol. The van der Waals surface area contributed by atoms with E-state index >= 15 is 0 Å². The maximum atomic E-state index is 10.2. The minimum atomic E-state index is -1.00. The lowest BCUT2D eigenvalue weighted by molar-refractivity contribution is -0.278. The SMILES string of the molecule is CC(C)CC1CC2(ON1)OC1(CCCCC1)OC2O. The quantitative estimate of drug-likeness (QED) is 0.805. The van der Waals surface area contributed by atoms with E-state index in [1.807, 2.05) is 0 Å². The Morgan fingerprint density at radius 2 is 2.00 bits per heavy atom. The molecule has 19 heavy (non-hydrogen) atoms. The van der Waals surface area contributed by atoms with E-state index in [4.69, 9.17) is 14.3 Å². The normalized spacial score (nSPS) is 41.7. The van der Waals surface area contributed by atoms with Crippen molar-refractivity contribution in [2.24, 2.45) is 5.92 Å². The lowest BCUT2D eigenvalue weighted by Gasteiger charge is -2.32. The average Bonchev–Trinajstić information content (AvgIpc) is 2.83. The van der Waals surface area contributed by atoms with Gasteiger partial charge in [-0.3, -0.25) is 4.84 Å². The summed E-state index contributed by atoms with van der Waals surface area (Å²) in [6.45, 7) is 4.36. The van der Waals surface area contributed by atoms with Gasteiger partial charge in [-0.15, -0.1) is 0 Å². The largest absolute Gasteiger partial charge is 0.364 e. The van der Waals surface area contributed by atoms with E-state index in [9.17, 15) is 5.11 Å². The van der Waals surface area contributed by atoms with Gasteiger partial charge in [-0.25, -0.2) is 0 Å². The van der Waals surface area contributed by atoms with Crippen LogP contribution in [0, 0.1) is 5.92 Å². The molecule has 2 aliphatic heterocycles. The van der Waals surface area contributed by atoms with Crippen LogP contribution in [-0.2, 0) is 14.3 Å². The van der Waals surface area contributed by atoms with Gasteiger partial charge in [0, 0.05) is 25.3 Å². The Kier molecular flexibility index (Phi) is 3.60. The first-order valence-electron chi connectivity index (χ1n) is 7.53. The minimum absolute atomic E-state index is 0.219. The topological polar surface area (TPSA) is 60.0 Å². The molecular weight excluding hydrogens is 246 g/mol. The molecule has 110 valence electrons. The van der Waals surface area contributed by atoms with Crippen molar-refractivity contribution in [1.82, 2.24) is 5.48 Å². The molecule has 2 spiro atoms. The molecule has 2 heterocycles. The summed E-state index contributed by atoms with van der Waals surface area (Å²) in [5.41, 5.74) is 3.01. The fourth-order valence-electron chi connectivity index (χ4n) is 3.52. The predicted octanol–water partition coefficient (Wildman–Crippen LogP) is 2.05. The van der Waals surface area contributed by atoms with Gasteiger partial charge in [0.15, 0.2) is 5.79 Å². The summed E-state index contributed by atoms with van der Waals surface area (Å²) in [7, 11) is 0. The van der Waals surface area contributed by atoms with Crippen molar-refractivity contribution in [2.45, 2.75) is 82.7 Å². The molecule has 0 bridgehead atoms. The van der Waals surface area contributed by atoms with E-state index in [0.29, 0.717) is 12.3 Å². The molecule has 1 aliphatic carbocycles. The number of hydrogen-bond donors (Lipinski definition) is 2. The first kappa shape index (κ1) is 13.8. The van der Waals surface area contributed by atoms with Crippen molar-refractivity contribution in [1.29, 1.82) is 0 Å². The molecule has 3 rings (SSSR count). The number of aliphatic hydroxyl groups excluding tert-OH is 1. The van der Waals surface area contributed by atoms with Crippen molar-refractivity contribution in [3.63, 3.8) is 0 Å². The Balaban J connectivity index is 1.68. The standard InChI is InChI=1S/C14H25NO4/c1-10(2)8-11-9-14(19-15-11)12(16)17-13(18-14)6-4-3-5-7-13/h10-12,15-16H,3-9H2,1-2H3. The Hall–Kier alpha value is -0.200. The summed E-state index contributed by atoms with van der Waals surface area (Å²) in [4.78, 5) is 5.61.